The van der Waals surface area contributed by atoms with E-state index in [4.69, 9.17) is 0 Å². The fourth-order valence-electron chi connectivity index (χ4n) is 2.97. The number of nitrogens with zero attached hydrogens (tertiary/aromatic N) is 5. The molecule has 1 aliphatic rings. The van der Waals surface area contributed by atoms with Crippen LogP contribution in [0.2, 0.25) is 0 Å². The van der Waals surface area contributed by atoms with Gasteiger partial charge in [0.1, 0.15) is 5.82 Å². The van der Waals surface area contributed by atoms with Gasteiger partial charge < -0.3 is 9.80 Å². The van der Waals surface area contributed by atoms with Crippen LogP contribution in [0.25, 0.3) is 0 Å². The van der Waals surface area contributed by atoms with E-state index in [1.54, 1.807) is 12.3 Å². The Bertz CT molecular complexity index is 694. The molecule has 0 unspecified atom stereocenters. The lowest BCUT2D eigenvalue weighted by molar-refractivity contribution is 0.0673. The standard InChI is InChI=1S/C17H23N5O/c1-13-10-19-22(11-13)15-5-4-8-21(12-15)17(23)14-6-7-18-16(9-14)20(2)3/h6-7,9-11,15H,4-5,8,12H2,1-3H3/t15-/m1/s1. The van der Waals surface area contributed by atoms with Gasteiger partial charge >= 0.3 is 0 Å². The van der Waals surface area contributed by atoms with Gasteiger partial charge in [-0.25, -0.2) is 4.98 Å². The Kier molecular flexibility index (Phi) is 4.32. The molecule has 0 spiro atoms. The number of amides is 1. The van der Waals surface area contributed by atoms with E-state index in [0.29, 0.717) is 12.1 Å². The Hall–Kier alpha value is -2.37. The van der Waals surface area contributed by atoms with Gasteiger partial charge in [-0.15, -0.1) is 0 Å². The molecule has 3 heterocycles. The summed E-state index contributed by atoms with van der Waals surface area (Å²) >= 11 is 0. The molecule has 2 aromatic heterocycles. The van der Waals surface area contributed by atoms with Crippen LogP contribution >= 0.6 is 0 Å². The molecule has 1 atom stereocenters. The maximum Gasteiger partial charge on any atom is 0.254 e. The van der Waals surface area contributed by atoms with Gasteiger partial charge in [-0.2, -0.15) is 5.10 Å². The number of anilines is 1. The van der Waals surface area contributed by atoms with Crippen molar-refractivity contribution < 1.29 is 4.79 Å². The van der Waals surface area contributed by atoms with Crippen molar-refractivity contribution in [3.63, 3.8) is 0 Å². The minimum atomic E-state index is 0.0732. The predicted molar refractivity (Wildman–Crippen MR) is 89.7 cm³/mol. The van der Waals surface area contributed by atoms with Gasteiger partial charge in [0, 0.05) is 45.1 Å². The first kappa shape index (κ1) is 15.5. The first-order valence-corrected chi connectivity index (χ1v) is 7.98. The van der Waals surface area contributed by atoms with E-state index in [1.165, 1.54) is 0 Å². The minimum Gasteiger partial charge on any atom is -0.363 e. The number of hydrogen-bond acceptors (Lipinski definition) is 4. The summed E-state index contributed by atoms with van der Waals surface area (Å²) in [6.45, 7) is 3.55. The highest BCUT2D eigenvalue weighted by Crippen LogP contribution is 2.23. The highest BCUT2D eigenvalue weighted by molar-refractivity contribution is 5.94. The van der Waals surface area contributed by atoms with E-state index in [2.05, 4.69) is 16.3 Å². The molecular formula is C17H23N5O. The summed E-state index contributed by atoms with van der Waals surface area (Å²) in [7, 11) is 3.85. The van der Waals surface area contributed by atoms with Crippen LogP contribution in [-0.4, -0.2) is 52.8 Å². The number of pyridine rings is 1. The first-order valence-electron chi connectivity index (χ1n) is 7.98. The van der Waals surface area contributed by atoms with Gasteiger partial charge in [0.15, 0.2) is 0 Å². The van der Waals surface area contributed by atoms with E-state index < -0.39 is 0 Å². The third-order valence-corrected chi connectivity index (χ3v) is 4.24. The Morgan fingerprint density at radius 2 is 2.22 bits per heavy atom. The molecular weight excluding hydrogens is 290 g/mol. The van der Waals surface area contributed by atoms with Gasteiger partial charge in [-0.3, -0.25) is 9.48 Å². The number of hydrogen-bond donors (Lipinski definition) is 0. The molecule has 0 bridgehead atoms. The SMILES string of the molecule is Cc1cnn([C@@H]2CCCN(C(=O)c3ccnc(N(C)C)c3)C2)c1. The summed E-state index contributed by atoms with van der Waals surface area (Å²) in [5.74, 6) is 0.871. The van der Waals surface area contributed by atoms with Crippen molar-refractivity contribution in [2.45, 2.75) is 25.8 Å². The van der Waals surface area contributed by atoms with Gasteiger partial charge in [0.2, 0.25) is 0 Å². The first-order chi connectivity index (χ1) is 11.0. The molecule has 0 aromatic carbocycles. The number of carbonyl (C=O) groups excluding carboxylic acids is 1. The highest BCUT2D eigenvalue weighted by Gasteiger charge is 2.26. The lowest BCUT2D eigenvalue weighted by atomic mass is 10.0. The second-order valence-corrected chi connectivity index (χ2v) is 6.34. The third kappa shape index (κ3) is 3.36. The van der Waals surface area contributed by atoms with Gasteiger partial charge in [0.25, 0.3) is 5.91 Å². The zero-order valence-electron chi connectivity index (χ0n) is 13.9. The Morgan fingerprint density at radius 1 is 1.39 bits per heavy atom. The predicted octanol–water partition coefficient (Wildman–Crippen LogP) is 2.13. The second kappa shape index (κ2) is 6.40. The molecule has 23 heavy (non-hydrogen) atoms. The van der Waals surface area contributed by atoms with Crippen molar-refractivity contribution in [1.29, 1.82) is 0 Å². The van der Waals surface area contributed by atoms with Crippen molar-refractivity contribution in [3.8, 4) is 0 Å². The van der Waals surface area contributed by atoms with Crippen LogP contribution < -0.4 is 4.90 Å². The van der Waals surface area contributed by atoms with Gasteiger partial charge in [-0.1, -0.05) is 0 Å². The average molecular weight is 313 g/mol. The highest BCUT2D eigenvalue weighted by atomic mass is 16.2. The topological polar surface area (TPSA) is 54.3 Å². The maximum absolute atomic E-state index is 12.8. The molecule has 2 aromatic rings. The number of rotatable bonds is 3. The zero-order valence-corrected chi connectivity index (χ0v) is 13.9. The smallest absolute Gasteiger partial charge is 0.254 e. The van der Waals surface area contributed by atoms with Gasteiger partial charge in [0.05, 0.1) is 12.2 Å². The fourth-order valence-corrected chi connectivity index (χ4v) is 2.97. The number of aromatic nitrogens is 3. The molecule has 6 nitrogen and oxygen atoms in total. The number of carbonyl (C=O) groups is 1. The van der Waals surface area contributed by atoms with Crippen LogP contribution in [0.4, 0.5) is 5.82 Å². The second-order valence-electron chi connectivity index (χ2n) is 6.34. The van der Waals surface area contributed by atoms with Crippen molar-refractivity contribution in [1.82, 2.24) is 19.7 Å². The minimum absolute atomic E-state index is 0.0732. The molecule has 6 heteroatoms. The fraction of sp³-hybridized carbons (Fsp3) is 0.471. The van der Waals surface area contributed by atoms with Gasteiger partial charge in [-0.05, 0) is 37.5 Å². The summed E-state index contributed by atoms with van der Waals surface area (Å²) in [6.07, 6.45) is 7.67. The molecule has 122 valence electrons. The Balaban J connectivity index is 1.75. The molecule has 1 fully saturated rings. The largest absolute Gasteiger partial charge is 0.363 e. The van der Waals surface area contributed by atoms with Crippen LogP contribution in [0.1, 0.15) is 34.8 Å². The Morgan fingerprint density at radius 3 is 2.91 bits per heavy atom. The molecule has 1 saturated heterocycles. The van der Waals surface area contributed by atoms with Crippen molar-refractivity contribution in [2.24, 2.45) is 0 Å². The lowest BCUT2D eigenvalue weighted by Gasteiger charge is -2.33. The average Bonchev–Trinajstić information content (AvgIpc) is 3.01. The van der Waals surface area contributed by atoms with Crippen LogP contribution in [0.5, 0.6) is 0 Å². The molecule has 1 aliphatic heterocycles. The Labute approximate surface area is 136 Å². The normalized spacial score (nSPS) is 18.0. The van der Waals surface area contributed by atoms with Crippen molar-refractivity contribution in [2.75, 3.05) is 32.1 Å². The zero-order chi connectivity index (χ0) is 16.4. The van der Waals surface area contributed by atoms with Crippen LogP contribution in [0.3, 0.4) is 0 Å². The van der Waals surface area contributed by atoms with Crippen LogP contribution in [0.15, 0.2) is 30.7 Å². The molecule has 0 aliphatic carbocycles. The molecule has 3 rings (SSSR count). The monoisotopic (exact) mass is 313 g/mol. The maximum atomic E-state index is 12.8. The van der Waals surface area contributed by atoms with Crippen molar-refractivity contribution >= 4 is 11.7 Å². The lowest BCUT2D eigenvalue weighted by Crippen LogP contribution is -2.40. The third-order valence-electron chi connectivity index (χ3n) is 4.24. The number of aryl methyl sites for hydroxylation is 1. The molecule has 0 N–H and O–H groups in total. The summed E-state index contributed by atoms with van der Waals surface area (Å²) < 4.78 is 1.99. The van der Waals surface area contributed by atoms with E-state index in [9.17, 15) is 4.79 Å². The number of likely N-dealkylation sites (tertiary alicyclic amines) is 1. The quantitative estimate of drug-likeness (QED) is 0.871. The van der Waals surface area contributed by atoms with E-state index in [0.717, 1.165) is 30.8 Å². The van der Waals surface area contributed by atoms with Crippen molar-refractivity contribution in [3.05, 3.63) is 41.9 Å². The molecule has 1 amide bonds. The van der Waals surface area contributed by atoms with Crippen LogP contribution in [-0.2, 0) is 0 Å². The molecule has 0 radical (unpaired) electrons. The summed E-state index contributed by atoms with van der Waals surface area (Å²) in [5, 5.41) is 4.41. The van der Waals surface area contributed by atoms with E-state index in [-0.39, 0.29) is 11.9 Å². The van der Waals surface area contributed by atoms with E-state index in [1.807, 2.05) is 47.8 Å². The summed E-state index contributed by atoms with van der Waals surface area (Å²) in [6, 6.07) is 3.90. The summed E-state index contributed by atoms with van der Waals surface area (Å²) in [5.41, 5.74) is 1.85. The summed E-state index contributed by atoms with van der Waals surface area (Å²) in [4.78, 5) is 20.9. The van der Waals surface area contributed by atoms with Crippen LogP contribution in [0, 0.1) is 6.92 Å². The molecule has 0 saturated carbocycles. The number of piperidine rings is 1. The van der Waals surface area contributed by atoms with E-state index >= 15 is 0 Å².